The van der Waals surface area contributed by atoms with Gasteiger partial charge in [-0.25, -0.2) is 0 Å². The van der Waals surface area contributed by atoms with Gasteiger partial charge in [0, 0.05) is 10.7 Å². The lowest BCUT2D eigenvalue weighted by Gasteiger charge is -2.22. The number of hydrogen-bond acceptors (Lipinski definition) is 3. The van der Waals surface area contributed by atoms with Crippen LogP contribution in [0.15, 0.2) is 22.9 Å². The van der Waals surface area contributed by atoms with Crippen LogP contribution in [0.5, 0.6) is 0 Å². The first-order chi connectivity index (χ1) is 7.75. The van der Waals surface area contributed by atoms with Crippen LogP contribution in [0.25, 0.3) is 0 Å². The average molecular weight is 285 g/mol. The van der Waals surface area contributed by atoms with Crippen molar-refractivity contribution in [3.8, 4) is 0 Å². The molecule has 2 N–H and O–H groups in total. The van der Waals surface area contributed by atoms with E-state index in [1.165, 1.54) is 12.8 Å². The second-order valence-corrected chi connectivity index (χ2v) is 5.26. The van der Waals surface area contributed by atoms with E-state index in [1.807, 2.05) is 6.07 Å². The third-order valence-corrected chi connectivity index (χ3v) is 3.47. The molecule has 0 radical (unpaired) electrons. The highest BCUT2D eigenvalue weighted by atomic mass is 79.9. The van der Waals surface area contributed by atoms with Crippen LogP contribution in [0.2, 0.25) is 0 Å². The SMILES string of the molecule is OC1CCCCCC1Nc1cncc(Br)c1. The lowest BCUT2D eigenvalue weighted by Crippen LogP contribution is -2.32. The Kier molecular flexibility index (Phi) is 4.18. The van der Waals surface area contributed by atoms with E-state index in [1.54, 1.807) is 12.4 Å². The van der Waals surface area contributed by atoms with Gasteiger partial charge in [-0.15, -0.1) is 0 Å². The molecule has 1 heterocycles. The zero-order valence-electron chi connectivity index (χ0n) is 9.19. The second-order valence-electron chi connectivity index (χ2n) is 4.35. The molecular formula is C12H17BrN2O. The quantitative estimate of drug-likeness (QED) is 0.821. The number of aliphatic hydroxyl groups is 1. The molecule has 3 nitrogen and oxygen atoms in total. The lowest BCUT2D eigenvalue weighted by molar-refractivity contribution is 0.144. The molecule has 16 heavy (non-hydrogen) atoms. The molecule has 1 fully saturated rings. The van der Waals surface area contributed by atoms with Gasteiger partial charge in [0.05, 0.1) is 24.0 Å². The summed E-state index contributed by atoms with van der Waals surface area (Å²) in [5.74, 6) is 0. The summed E-state index contributed by atoms with van der Waals surface area (Å²) in [4.78, 5) is 4.11. The Labute approximate surface area is 104 Å². The molecule has 1 aliphatic rings. The fourth-order valence-electron chi connectivity index (χ4n) is 2.16. The van der Waals surface area contributed by atoms with Crippen molar-refractivity contribution in [1.82, 2.24) is 4.98 Å². The minimum Gasteiger partial charge on any atom is -0.391 e. The Hall–Kier alpha value is -0.610. The zero-order chi connectivity index (χ0) is 11.4. The van der Waals surface area contributed by atoms with Gasteiger partial charge in [0.25, 0.3) is 0 Å². The predicted molar refractivity (Wildman–Crippen MR) is 68.4 cm³/mol. The lowest BCUT2D eigenvalue weighted by atomic mass is 10.1. The Morgan fingerprint density at radius 1 is 1.25 bits per heavy atom. The van der Waals surface area contributed by atoms with Crippen molar-refractivity contribution in [1.29, 1.82) is 0 Å². The number of aromatic nitrogens is 1. The van der Waals surface area contributed by atoms with E-state index in [0.29, 0.717) is 0 Å². The summed E-state index contributed by atoms with van der Waals surface area (Å²) in [5.41, 5.74) is 0.973. The first-order valence-electron chi connectivity index (χ1n) is 5.81. The van der Waals surface area contributed by atoms with Gasteiger partial charge in [0.15, 0.2) is 0 Å². The van der Waals surface area contributed by atoms with Crippen LogP contribution >= 0.6 is 15.9 Å². The highest BCUT2D eigenvalue weighted by Gasteiger charge is 2.21. The number of halogens is 1. The van der Waals surface area contributed by atoms with Crippen molar-refractivity contribution < 1.29 is 5.11 Å². The minimum atomic E-state index is -0.235. The molecular weight excluding hydrogens is 268 g/mol. The maximum Gasteiger partial charge on any atom is 0.0741 e. The Balaban J connectivity index is 2.02. The van der Waals surface area contributed by atoms with Crippen LogP contribution in [-0.2, 0) is 0 Å². The molecule has 2 rings (SSSR count). The summed E-state index contributed by atoms with van der Waals surface area (Å²) in [7, 11) is 0. The number of pyridine rings is 1. The third-order valence-electron chi connectivity index (χ3n) is 3.04. The van der Waals surface area contributed by atoms with Gasteiger partial charge in [-0.3, -0.25) is 4.98 Å². The van der Waals surface area contributed by atoms with Gasteiger partial charge in [-0.1, -0.05) is 19.3 Å². The van der Waals surface area contributed by atoms with E-state index in [-0.39, 0.29) is 12.1 Å². The van der Waals surface area contributed by atoms with Gasteiger partial charge in [0.1, 0.15) is 0 Å². The topological polar surface area (TPSA) is 45.1 Å². The molecule has 2 unspecified atom stereocenters. The second kappa shape index (κ2) is 5.64. The van der Waals surface area contributed by atoms with E-state index in [2.05, 4.69) is 26.2 Å². The van der Waals surface area contributed by atoms with E-state index < -0.39 is 0 Å². The van der Waals surface area contributed by atoms with Crippen molar-refractivity contribution in [2.45, 2.75) is 44.2 Å². The summed E-state index contributed by atoms with van der Waals surface area (Å²) >= 11 is 3.39. The number of aliphatic hydroxyl groups excluding tert-OH is 1. The fourth-order valence-corrected chi connectivity index (χ4v) is 2.53. The molecule has 0 amide bonds. The van der Waals surface area contributed by atoms with Crippen LogP contribution in [0.4, 0.5) is 5.69 Å². The highest BCUT2D eigenvalue weighted by molar-refractivity contribution is 9.10. The van der Waals surface area contributed by atoms with Crippen LogP contribution in [0.1, 0.15) is 32.1 Å². The number of nitrogens with one attached hydrogen (secondary N) is 1. The number of anilines is 1. The first-order valence-corrected chi connectivity index (χ1v) is 6.60. The molecule has 2 atom stereocenters. The summed E-state index contributed by atoms with van der Waals surface area (Å²) in [6, 6.07) is 2.16. The molecule has 0 aromatic carbocycles. The maximum absolute atomic E-state index is 9.98. The molecule has 0 bridgehead atoms. The van der Waals surface area contributed by atoms with Crippen LogP contribution in [0.3, 0.4) is 0 Å². The van der Waals surface area contributed by atoms with Gasteiger partial charge in [0.2, 0.25) is 0 Å². The van der Waals surface area contributed by atoms with Crippen molar-refractivity contribution >= 4 is 21.6 Å². The molecule has 1 saturated carbocycles. The van der Waals surface area contributed by atoms with E-state index >= 15 is 0 Å². The normalized spacial score (nSPS) is 26.1. The first kappa shape index (κ1) is 11.9. The van der Waals surface area contributed by atoms with Gasteiger partial charge < -0.3 is 10.4 Å². The molecule has 0 aliphatic heterocycles. The molecule has 0 saturated heterocycles. The molecule has 88 valence electrons. The van der Waals surface area contributed by atoms with E-state index in [4.69, 9.17) is 0 Å². The fraction of sp³-hybridized carbons (Fsp3) is 0.583. The molecule has 1 aromatic rings. The molecule has 1 aliphatic carbocycles. The van der Waals surface area contributed by atoms with Crippen LogP contribution < -0.4 is 5.32 Å². The largest absolute Gasteiger partial charge is 0.391 e. The van der Waals surface area contributed by atoms with Crippen LogP contribution in [-0.4, -0.2) is 22.2 Å². The molecule has 4 heteroatoms. The Morgan fingerprint density at radius 2 is 2.06 bits per heavy atom. The van der Waals surface area contributed by atoms with Crippen molar-refractivity contribution in [3.63, 3.8) is 0 Å². The zero-order valence-corrected chi connectivity index (χ0v) is 10.8. The van der Waals surface area contributed by atoms with Gasteiger partial charge >= 0.3 is 0 Å². The summed E-state index contributed by atoms with van der Waals surface area (Å²) in [5, 5.41) is 13.4. The Bertz CT molecular complexity index is 346. The summed E-state index contributed by atoms with van der Waals surface area (Å²) in [6.45, 7) is 0. The molecule has 1 aromatic heterocycles. The monoisotopic (exact) mass is 284 g/mol. The molecule has 0 spiro atoms. The number of rotatable bonds is 2. The average Bonchev–Trinajstić information content (AvgIpc) is 2.45. The van der Waals surface area contributed by atoms with Gasteiger partial charge in [-0.05, 0) is 34.8 Å². The van der Waals surface area contributed by atoms with Crippen molar-refractivity contribution in [2.75, 3.05) is 5.32 Å². The third kappa shape index (κ3) is 3.19. The van der Waals surface area contributed by atoms with Gasteiger partial charge in [-0.2, -0.15) is 0 Å². The summed E-state index contributed by atoms with van der Waals surface area (Å²) in [6.07, 6.45) is 8.81. The van der Waals surface area contributed by atoms with Crippen molar-refractivity contribution in [3.05, 3.63) is 22.9 Å². The highest BCUT2D eigenvalue weighted by Crippen LogP contribution is 2.22. The Morgan fingerprint density at radius 3 is 2.88 bits per heavy atom. The standard InChI is InChI=1S/C12H17BrN2O/c13-9-6-10(8-14-7-9)15-11-4-2-1-3-5-12(11)16/h6-8,11-12,15-16H,1-5H2. The van der Waals surface area contributed by atoms with E-state index in [9.17, 15) is 5.11 Å². The summed E-state index contributed by atoms with van der Waals surface area (Å²) < 4.78 is 0.959. The van der Waals surface area contributed by atoms with Crippen molar-refractivity contribution in [2.24, 2.45) is 0 Å². The van der Waals surface area contributed by atoms with E-state index in [0.717, 1.165) is 29.4 Å². The number of hydrogen-bond donors (Lipinski definition) is 2. The number of nitrogens with zero attached hydrogens (tertiary/aromatic N) is 1. The van der Waals surface area contributed by atoms with Crippen LogP contribution in [0, 0.1) is 0 Å². The predicted octanol–water partition coefficient (Wildman–Crippen LogP) is 2.95. The smallest absolute Gasteiger partial charge is 0.0741 e. The maximum atomic E-state index is 9.98. The minimum absolute atomic E-state index is 0.165.